The third-order valence-electron chi connectivity index (χ3n) is 5.87. The quantitative estimate of drug-likeness (QED) is 0.635. The summed E-state index contributed by atoms with van der Waals surface area (Å²) in [5.74, 6) is 0.248. The van der Waals surface area contributed by atoms with Gasteiger partial charge < -0.3 is 5.32 Å². The smallest absolute Gasteiger partial charge is 0.161 e. The second-order valence-corrected chi connectivity index (χ2v) is 7.63. The highest BCUT2D eigenvalue weighted by molar-refractivity contribution is 6.03. The maximum atomic E-state index is 13.0. The normalized spacial score (nSPS) is 18.9. The van der Waals surface area contributed by atoms with E-state index in [0.717, 1.165) is 46.4 Å². The number of rotatable bonds is 1. The van der Waals surface area contributed by atoms with Crippen LogP contribution in [0.3, 0.4) is 0 Å². The molecule has 3 aromatic rings. The van der Waals surface area contributed by atoms with E-state index in [1.165, 1.54) is 16.7 Å². The molecule has 134 valence electrons. The van der Waals surface area contributed by atoms with Gasteiger partial charge in [-0.3, -0.25) is 9.78 Å². The number of nitrogens with zero attached hydrogens (tertiary/aromatic N) is 1. The maximum absolute atomic E-state index is 13.0. The summed E-state index contributed by atoms with van der Waals surface area (Å²) in [6.07, 6.45) is 2.50. The summed E-state index contributed by atoms with van der Waals surface area (Å²) >= 11 is 0. The van der Waals surface area contributed by atoms with Gasteiger partial charge in [-0.2, -0.15) is 0 Å². The molecular formula is C24H22N2O. The van der Waals surface area contributed by atoms with Crippen molar-refractivity contribution in [2.75, 3.05) is 5.32 Å². The fourth-order valence-electron chi connectivity index (χ4n) is 4.61. The Morgan fingerprint density at radius 1 is 1.00 bits per heavy atom. The standard InChI is InChI=1S/C24H22N2O/c1-14-6-3-4-7-16(14)23-22-17-11-10-15(2)25-18(17)12-13-20(22)26-19-8-5-9-21(27)24(19)23/h3-4,6-7,10-13,23,26H,5,8-9H2,1-2H3/t23-/m1/s1. The van der Waals surface area contributed by atoms with Crippen molar-refractivity contribution in [1.29, 1.82) is 0 Å². The summed E-state index contributed by atoms with van der Waals surface area (Å²) in [5.41, 5.74) is 8.78. The van der Waals surface area contributed by atoms with Crippen molar-refractivity contribution in [3.63, 3.8) is 0 Å². The number of anilines is 1. The van der Waals surface area contributed by atoms with E-state index in [9.17, 15) is 4.79 Å². The van der Waals surface area contributed by atoms with Crippen LogP contribution < -0.4 is 5.32 Å². The number of nitrogens with one attached hydrogen (secondary N) is 1. The number of ketones is 1. The van der Waals surface area contributed by atoms with Gasteiger partial charge in [-0.25, -0.2) is 0 Å². The van der Waals surface area contributed by atoms with Gasteiger partial charge in [0.15, 0.2) is 5.78 Å². The molecule has 5 rings (SSSR count). The fraction of sp³-hybridized carbons (Fsp3) is 0.250. The lowest BCUT2D eigenvalue weighted by Crippen LogP contribution is -2.27. The molecule has 2 heterocycles. The molecule has 0 fully saturated rings. The number of fused-ring (bicyclic) bond motifs is 3. The Kier molecular flexibility index (Phi) is 3.64. The molecule has 0 amide bonds. The van der Waals surface area contributed by atoms with Crippen LogP contribution in [0.5, 0.6) is 0 Å². The van der Waals surface area contributed by atoms with Crippen LogP contribution in [0.25, 0.3) is 10.9 Å². The van der Waals surface area contributed by atoms with E-state index in [2.05, 4.69) is 60.8 Å². The second kappa shape index (κ2) is 6.05. The second-order valence-electron chi connectivity index (χ2n) is 7.63. The molecule has 2 aliphatic rings. The van der Waals surface area contributed by atoms with Crippen LogP contribution in [0, 0.1) is 13.8 Å². The molecular weight excluding hydrogens is 332 g/mol. The van der Waals surface area contributed by atoms with E-state index in [-0.39, 0.29) is 11.7 Å². The van der Waals surface area contributed by atoms with Crippen LogP contribution in [0.4, 0.5) is 5.69 Å². The van der Waals surface area contributed by atoms with Gasteiger partial charge in [0.25, 0.3) is 0 Å². The summed E-state index contributed by atoms with van der Waals surface area (Å²) < 4.78 is 0. The number of carbonyl (C=O) groups excluding carboxylic acids is 1. The Bertz CT molecular complexity index is 1130. The Morgan fingerprint density at radius 3 is 2.70 bits per heavy atom. The first-order chi connectivity index (χ1) is 13.1. The fourth-order valence-corrected chi connectivity index (χ4v) is 4.61. The summed E-state index contributed by atoms with van der Waals surface area (Å²) in [6, 6.07) is 16.9. The molecule has 3 heteroatoms. The molecule has 0 bridgehead atoms. The molecule has 0 unspecified atom stereocenters. The van der Waals surface area contributed by atoms with Crippen molar-refractivity contribution in [2.45, 2.75) is 39.0 Å². The van der Waals surface area contributed by atoms with Crippen LogP contribution in [-0.2, 0) is 4.79 Å². The number of hydrogen-bond donors (Lipinski definition) is 1. The Hall–Kier alpha value is -2.94. The molecule has 2 aromatic carbocycles. The monoisotopic (exact) mass is 354 g/mol. The lowest BCUT2D eigenvalue weighted by molar-refractivity contribution is -0.116. The van der Waals surface area contributed by atoms with E-state index in [1.807, 2.05) is 6.92 Å². The lowest BCUT2D eigenvalue weighted by Gasteiger charge is -2.35. The molecule has 1 aliphatic carbocycles. The minimum Gasteiger partial charge on any atom is -0.358 e. The number of aryl methyl sites for hydroxylation is 2. The van der Waals surface area contributed by atoms with Gasteiger partial charge in [0.05, 0.1) is 5.52 Å². The van der Waals surface area contributed by atoms with Crippen LogP contribution in [-0.4, -0.2) is 10.8 Å². The number of carbonyl (C=O) groups is 1. The van der Waals surface area contributed by atoms with Crippen molar-refractivity contribution in [3.05, 3.63) is 82.2 Å². The van der Waals surface area contributed by atoms with Gasteiger partial charge in [0, 0.05) is 40.4 Å². The average Bonchev–Trinajstić information content (AvgIpc) is 2.67. The molecule has 0 saturated heterocycles. The topological polar surface area (TPSA) is 42.0 Å². The minimum absolute atomic E-state index is 0.0292. The molecule has 1 aliphatic heterocycles. The zero-order valence-corrected chi connectivity index (χ0v) is 15.7. The van der Waals surface area contributed by atoms with Crippen LogP contribution >= 0.6 is 0 Å². The number of allylic oxidation sites excluding steroid dienone is 2. The third-order valence-corrected chi connectivity index (χ3v) is 5.87. The Labute approximate surface area is 159 Å². The summed E-state index contributed by atoms with van der Waals surface area (Å²) in [6.45, 7) is 4.15. The zero-order valence-electron chi connectivity index (χ0n) is 15.7. The first-order valence-corrected chi connectivity index (χ1v) is 9.62. The molecule has 0 spiro atoms. The van der Waals surface area contributed by atoms with E-state index >= 15 is 0 Å². The van der Waals surface area contributed by atoms with Gasteiger partial charge in [-0.05, 0) is 61.6 Å². The van der Waals surface area contributed by atoms with Crippen LogP contribution in [0.2, 0.25) is 0 Å². The van der Waals surface area contributed by atoms with E-state index in [4.69, 9.17) is 4.98 Å². The van der Waals surface area contributed by atoms with Crippen molar-refractivity contribution >= 4 is 22.4 Å². The predicted molar refractivity (Wildman–Crippen MR) is 109 cm³/mol. The lowest BCUT2D eigenvalue weighted by atomic mass is 9.73. The Balaban J connectivity index is 1.86. The first kappa shape index (κ1) is 16.2. The SMILES string of the molecule is Cc1ccc2c3c(ccc2n1)NC1=C(C(=O)CCC1)[C@@H]3c1ccccc1C. The molecule has 1 N–H and O–H groups in total. The van der Waals surface area contributed by atoms with Gasteiger partial charge in [0.1, 0.15) is 0 Å². The number of hydrogen-bond acceptors (Lipinski definition) is 3. The average molecular weight is 354 g/mol. The highest BCUT2D eigenvalue weighted by atomic mass is 16.1. The highest BCUT2D eigenvalue weighted by Gasteiger charge is 2.36. The van der Waals surface area contributed by atoms with Gasteiger partial charge in [-0.1, -0.05) is 30.3 Å². The van der Waals surface area contributed by atoms with E-state index in [1.54, 1.807) is 0 Å². The minimum atomic E-state index is -0.0292. The van der Waals surface area contributed by atoms with Gasteiger partial charge in [0.2, 0.25) is 0 Å². The number of aromatic nitrogens is 1. The van der Waals surface area contributed by atoms with Crippen LogP contribution in [0.1, 0.15) is 47.6 Å². The molecule has 0 radical (unpaired) electrons. The maximum Gasteiger partial charge on any atom is 0.161 e. The molecule has 1 atom stereocenters. The van der Waals surface area contributed by atoms with E-state index in [0.29, 0.717) is 6.42 Å². The number of benzene rings is 2. The summed E-state index contributed by atoms with van der Waals surface area (Å²) in [5, 5.41) is 4.71. The van der Waals surface area contributed by atoms with Gasteiger partial charge in [-0.15, -0.1) is 0 Å². The molecule has 3 nitrogen and oxygen atoms in total. The molecule has 27 heavy (non-hydrogen) atoms. The highest BCUT2D eigenvalue weighted by Crippen LogP contribution is 2.48. The largest absolute Gasteiger partial charge is 0.358 e. The Morgan fingerprint density at radius 2 is 1.85 bits per heavy atom. The van der Waals surface area contributed by atoms with Crippen molar-refractivity contribution in [1.82, 2.24) is 4.98 Å². The van der Waals surface area contributed by atoms with E-state index < -0.39 is 0 Å². The number of pyridine rings is 1. The summed E-state index contributed by atoms with van der Waals surface area (Å²) in [7, 11) is 0. The van der Waals surface area contributed by atoms with Crippen LogP contribution in [0.15, 0.2) is 59.8 Å². The van der Waals surface area contributed by atoms with Crippen molar-refractivity contribution in [2.24, 2.45) is 0 Å². The molecule has 0 saturated carbocycles. The predicted octanol–water partition coefficient (Wildman–Crippen LogP) is 5.42. The first-order valence-electron chi connectivity index (χ1n) is 9.62. The third kappa shape index (κ3) is 2.49. The summed E-state index contributed by atoms with van der Waals surface area (Å²) in [4.78, 5) is 17.7. The zero-order chi connectivity index (χ0) is 18.5. The number of Topliss-reactive ketones (excluding diaryl/α,β-unsaturated/α-hetero) is 1. The van der Waals surface area contributed by atoms with Crippen molar-refractivity contribution in [3.8, 4) is 0 Å². The van der Waals surface area contributed by atoms with Gasteiger partial charge >= 0.3 is 0 Å². The molecule has 1 aromatic heterocycles. The van der Waals surface area contributed by atoms with Crippen molar-refractivity contribution < 1.29 is 4.79 Å².